The number of anilines is 1. The van der Waals surface area contributed by atoms with Gasteiger partial charge in [0.2, 0.25) is 0 Å². The molecule has 0 saturated carbocycles. The van der Waals surface area contributed by atoms with Crippen molar-refractivity contribution >= 4 is 40.9 Å². The normalized spacial score (nSPS) is 15.9. The fourth-order valence-electron chi connectivity index (χ4n) is 2.99. The zero-order valence-electron chi connectivity index (χ0n) is 15.6. The molecule has 1 N–H and O–H groups in total. The minimum Gasteiger partial charge on any atom is -0.496 e. The summed E-state index contributed by atoms with van der Waals surface area (Å²) in [7, 11) is 1.60. The average Bonchev–Trinajstić information content (AvgIpc) is 2.61. The van der Waals surface area contributed by atoms with E-state index in [1.54, 1.807) is 25.3 Å². The van der Waals surface area contributed by atoms with Crippen LogP contribution in [0.15, 0.2) is 42.0 Å². The Bertz CT molecular complexity index is 995. The van der Waals surface area contributed by atoms with Gasteiger partial charge in [0, 0.05) is 0 Å². The number of carbonyl (C=O) groups is 2. The van der Waals surface area contributed by atoms with E-state index in [0.29, 0.717) is 5.69 Å². The minimum atomic E-state index is -0.500. The summed E-state index contributed by atoms with van der Waals surface area (Å²) in [5.41, 5.74) is 4.25. The topological polar surface area (TPSA) is 58.6 Å². The lowest BCUT2D eigenvalue weighted by molar-refractivity contribution is -0.122. The molecule has 2 aromatic rings. The highest BCUT2D eigenvalue weighted by atomic mass is 32.1. The maximum absolute atomic E-state index is 13.1. The van der Waals surface area contributed by atoms with Crippen LogP contribution in [0.3, 0.4) is 0 Å². The van der Waals surface area contributed by atoms with Crippen LogP contribution in [-0.4, -0.2) is 24.0 Å². The van der Waals surface area contributed by atoms with Crippen molar-refractivity contribution < 1.29 is 14.3 Å². The van der Waals surface area contributed by atoms with Crippen molar-refractivity contribution in [3.8, 4) is 5.75 Å². The molecule has 0 unspecified atom stereocenters. The third-order valence-corrected chi connectivity index (χ3v) is 4.72. The van der Waals surface area contributed by atoms with Gasteiger partial charge >= 0.3 is 0 Å². The van der Waals surface area contributed by atoms with Crippen LogP contribution in [0.5, 0.6) is 5.75 Å². The van der Waals surface area contributed by atoms with E-state index in [2.05, 4.69) is 5.32 Å². The molecule has 0 atom stereocenters. The summed E-state index contributed by atoms with van der Waals surface area (Å²) >= 11 is 5.27. The van der Waals surface area contributed by atoms with Gasteiger partial charge in [0.05, 0.1) is 12.8 Å². The molecule has 6 heteroatoms. The molecule has 1 aliphatic rings. The van der Waals surface area contributed by atoms with Crippen LogP contribution < -0.4 is 15.0 Å². The number of hydrogen-bond acceptors (Lipinski definition) is 4. The van der Waals surface area contributed by atoms with Crippen LogP contribution in [0.2, 0.25) is 0 Å². The Labute approximate surface area is 163 Å². The van der Waals surface area contributed by atoms with Gasteiger partial charge in [-0.15, -0.1) is 0 Å². The van der Waals surface area contributed by atoms with Crippen molar-refractivity contribution in [2.45, 2.75) is 20.8 Å². The summed E-state index contributed by atoms with van der Waals surface area (Å²) in [6.07, 6.45) is 1.57. The molecule has 138 valence electrons. The summed E-state index contributed by atoms with van der Waals surface area (Å²) in [5, 5.41) is 2.70. The number of methoxy groups -OCH3 is 1. The highest BCUT2D eigenvalue weighted by molar-refractivity contribution is 7.80. The van der Waals surface area contributed by atoms with E-state index in [1.165, 1.54) is 4.90 Å². The molecule has 0 aliphatic carbocycles. The van der Waals surface area contributed by atoms with Gasteiger partial charge in [0.25, 0.3) is 11.8 Å². The van der Waals surface area contributed by atoms with Crippen LogP contribution >= 0.6 is 12.2 Å². The van der Waals surface area contributed by atoms with E-state index in [9.17, 15) is 9.59 Å². The van der Waals surface area contributed by atoms with Crippen molar-refractivity contribution in [1.82, 2.24) is 5.32 Å². The summed E-state index contributed by atoms with van der Waals surface area (Å²) in [4.78, 5) is 26.9. The second-order valence-electron chi connectivity index (χ2n) is 6.48. The maximum atomic E-state index is 13.1. The number of hydrogen-bond donors (Lipinski definition) is 1. The molecule has 0 spiro atoms. The lowest BCUT2D eigenvalue weighted by Gasteiger charge is -2.30. The number of aryl methyl sites for hydroxylation is 3. The third kappa shape index (κ3) is 3.61. The van der Waals surface area contributed by atoms with Crippen molar-refractivity contribution in [2.24, 2.45) is 0 Å². The molecule has 2 aromatic carbocycles. The first-order valence-corrected chi connectivity index (χ1v) is 8.86. The number of nitrogens with one attached hydrogen (secondary N) is 1. The highest BCUT2D eigenvalue weighted by Crippen LogP contribution is 2.27. The molecule has 5 nitrogen and oxygen atoms in total. The Balaban J connectivity index is 2.05. The minimum absolute atomic E-state index is 0.0362. The van der Waals surface area contributed by atoms with Crippen LogP contribution in [-0.2, 0) is 9.59 Å². The van der Waals surface area contributed by atoms with Gasteiger partial charge in [-0.2, -0.15) is 0 Å². The number of thiocarbonyl (C=S) groups is 1. The van der Waals surface area contributed by atoms with E-state index < -0.39 is 11.8 Å². The number of carbonyl (C=O) groups excluding carboxylic acids is 2. The lowest BCUT2D eigenvalue weighted by Crippen LogP contribution is -2.54. The lowest BCUT2D eigenvalue weighted by atomic mass is 10.0. The summed E-state index contributed by atoms with van der Waals surface area (Å²) < 4.78 is 5.25. The largest absolute Gasteiger partial charge is 0.496 e. The van der Waals surface area contributed by atoms with E-state index in [4.69, 9.17) is 17.0 Å². The van der Waals surface area contributed by atoms with Gasteiger partial charge in [-0.05, 0) is 79.5 Å². The Kier molecular flexibility index (Phi) is 5.10. The number of benzene rings is 2. The quantitative estimate of drug-likeness (QED) is 0.503. The van der Waals surface area contributed by atoms with Gasteiger partial charge in [0.1, 0.15) is 11.3 Å². The fraction of sp³-hybridized carbons (Fsp3) is 0.190. The Morgan fingerprint density at radius 3 is 2.44 bits per heavy atom. The average molecular weight is 380 g/mol. The first-order chi connectivity index (χ1) is 12.8. The van der Waals surface area contributed by atoms with Crippen molar-refractivity contribution in [3.05, 3.63) is 64.2 Å². The first-order valence-electron chi connectivity index (χ1n) is 8.45. The van der Waals surface area contributed by atoms with Crippen LogP contribution in [0.25, 0.3) is 6.08 Å². The number of ether oxygens (including phenoxy) is 1. The number of rotatable bonds is 3. The second-order valence-corrected chi connectivity index (χ2v) is 6.86. The predicted molar refractivity (Wildman–Crippen MR) is 110 cm³/mol. The van der Waals surface area contributed by atoms with E-state index in [1.807, 2.05) is 45.0 Å². The molecule has 0 bridgehead atoms. The molecule has 27 heavy (non-hydrogen) atoms. The first kappa shape index (κ1) is 18.8. The van der Waals surface area contributed by atoms with E-state index in [0.717, 1.165) is 28.0 Å². The highest BCUT2D eigenvalue weighted by Gasteiger charge is 2.35. The van der Waals surface area contributed by atoms with Gasteiger partial charge in [0.15, 0.2) is 5.11 Å². The maximum Gasteiger partial charge on any atom is 0.270 e. The van der Waals surface area contributed by atoms with Crippen LogP contribution in [0.1, 0.15) is 22.3 Å². The molecule has 3 rings (SSSR count). The van der Waals surface area contributed by atoms with Gasteiger partial charge in [-0.1, -0.05) is 18.2 Å². The Morgan fingerprint density at radius 2 is 1.78 bits per heavy atom. The predicted octanol–water partition coefficient (Wildman–Crippen LogP) is 3.45. The Hall–Kier alpha value is -2.99. The summed E-state index contributed by atoms with van der Waals surface area (Å²) in [6.45, 7) is 5.74. The van der Waals surface area contributed by atoms with Crippen LogP contribution in [0.4, 0.5) is 5.69 Å². The fourth-order valence-corrected chi connectivity index (χ4v) is 3.27. The SMILES string of the molecule is COc1ccc(/C=C2\C(=O)NC(=S)N(c3cc(C)ccc3C)C2=O)cc1C. The molecule has 0 radical (unpaired) electrons. The van der Waals surface area contributed by atoms with Gasteiger partial charge < -0.3 is 4.74 Å². The van der Waals surface area contributed by atoms with Crippen LogP contribution in [0, 0.1) is 20.8 Å². The number of amides is 2. The second kappa shape index (κ2) is 7.32. The van der Waals surface area contributed by atoms with Crippen molar-refractivity contribution in [3.63, 3.8) is 0 Å². The van der Waals surface area contributed by atoms with Gasteiger partial charge in [-0.3, -0.25) is 19.8 Å². The van der Waals surface area contributed by atoms with Gasteiger partial charge in [-0.25, -0.2) is 0 Å². The third-order valence-electron chi connectivity index (χ3n) is 4.44. The van der Waals surface area contributed by atoms with Crippen molar-refractivity contribution in [1.29, 1.82) is 0 Å². The number of nitrogens with zero attached hydrogens (tertiary/aromatic N) is 1. The smallest absolute Gasteiger partial charge is 0.270 e. The zero-order chi connectivity index (χ0) is 19.7. The molecule has 2 amide bonds. The Morgan fingerprint density at radius 1 is 1.04 bits per heavy atom. The molecule has 1 saturated heterocycles. The molecule has 1 heterocycles. The molecule has 0 aromatic heterocycles. The molecular formula is C21H20N2O3S. The molecular weight excluding hydrogens is 360 g/mol. The van der Waals surface area contributed by atoms with Crippen molar-refractivity contribution in [2.75, 3.05) is 12.0 Å². The monoisotopic (exact) mass is 380 g/mol. The standard InChI is InChI=1S/C21H20N2O3S/c1-12-5-6-13(2)17(9-12)23-20(25)16(19(24)22-21(23)27)11-15-7-8-18(26-4)14(3)10-15/h5-11H,1-4H3,(H,22,24,27)/b16-11+. The molecule has 1 aliphatic heterocycles. The molecule has 1 fully saturated rings. The van der Waals surface area contributed by atoms with E-state index in [-0.39, 0.29) is 10.7 Å². The summed E-state index contributed by atoms with van der Waals surface area (Å²) in [5.74, 6) is -0.194. The zero-order valence-corrected chi connectivity index (χ0v) is 16.4. The summed E-state index contributed by atoms with van der Waals surface area (Å²) in [6, 6.07) is 11.2. The van der Waals surface area contributed by atoms with E-state index >= 15 is 0 Å².